The summed E-state index contributed by atoms with van der Waals surface area (Å²) in [6.07, 6.45) is 2.64. The summed E-state index contributed by atoms with van der Waals surface area (Å²) in [5.41, 5.74) is 2.61. The molecule has 0 aromatic heterocycles. The Balaban J connectivity index is 1.30. The number of nitrogens with one attached hydrogen (secondary N) is 1. The highest BCUT2D eigenvalue weighted by Crippen LogP contribution is 2.40. The van der Waals surface area contributed by atoms with Gasteiger partial charge in [0, 0.05) is 5.56 Å². The van der Waals surface area contributed by atoms with Crippen LogP contribution >= 0.6 is 23.4 Å². The molecule has 1 atom stereocenters. The van der Waals surface area contributed by atoms with E-state index in [1.54, 1.807) is 24.3 Å². The Morgan fingerprint density at radius 3 is 2.35 bits per heavy atom. The summed E-state index contributed by atoms with van der Waals surface area (Å²) in [4.78, 5) is 17.2. The quantitative estimate of drug-likeness (QED) is 0.182. The Morgan fingerprint density at radius 1 is 1.02 bits per heavy atom. The molecule has 0 saturated heterocycles. The average molecular weight is 619 g/mol. The van der Waals surface area contributed by atoms with Gasteiger partial charge in [0.15, 0.2) is 17.3 Å². The molecule has 43 heavy (non-hydrogen) atoms. The van der Waals surface area contributed by atoms with E-state index in [4.69, 9.17) is 36.0 Å². The van der Waals surface area contributed by atoms with E-state index in [-0.39, 0.29) is 18.0 Å². The molecule has 0 spiro atoms. The van der Waals surface area contributed by atoms with Gasteiger partial charge in [-0.2, -0.15) is 15.1 Å². The lowest BCUT2D eigenvalue weighted by Crippen LogP contribution is -2.35. The first kappa shape index (κ1) is 30.2. The topological polar surface area (TPSA) is 106 Å². The van der Waals surface area contributed by atoms with Gasteiger partial charge in [-0.3, -0.25) is 10.2 Å². The summed E-state index contributed by atoms with van der Waals surface area (Å²) >= 11 is 7.52. The van der Waals surface area contributed by atoms with E-state index in [0.29, 0.717) is 56.1 Å². The number of aliphatic imine (C=N–C) groups is 1. The zero-order valence-electron chi connectivity index (χ0n) is 24.2. The van der Waals surface area contributed by atoms with Gasteiger partial charge >= 0.3 is 0 Å². The molecule has 2 aliphatic rings. The van der Waals surface area contributed by atoms with Crippen molar-refractivity contribution in [3.63, 3.8) is 0 Å². The number of thioether (sulfide) groups is 1. The number of benzene rings is 3. The molecule has 1 amide bonds. The van der Waals surface area contributed by atoms with E-state index in [0.717, 1.165) is 12.2 Å². The molecular formula is C32H31ClN4O5S. The minimum absolute atomic E-state index is 0.0685. The van der Waals surface area contributed by atoms with Crippen molar-refractivity contribution in [2.75, 3.05) is 27.4 Å². The number of nitrogens with zero attached hydrogens (tertiary/aromatic N) is 3. The smallest absolute Gasteiger partial charge is 0.283 e. The van der Waals surface area contributed by atoms with Crippen LogP contribution in [0.15, 0.2) is 76.3 Å². The van der Waals surface area contributed by atoms with Crippen LogP contribution in [0, 0.1) is 5.41 Å². The van der Waals surface area contributed by atoms with Crippen molar-refractivity contribution in [3.05, 3.63) is 87.9 Å². The SMILES string of the molecule is CC[C@@H](C)c1ccc(OCCOc2c(OC)cc(/C=C3\C(=N)N4N=C(c5ccccc5Cl)SC4=NC3=O)cc2OC)cc1. The third-order valence-electron chi connectivity index (χ3n) is 7.01. The fraction of sp³-hybridized carbons (Fsp3) is 0.250. The average Bonchev–Trinajstić information content (AvgIpc) is 3.45. The maximum Gasteiger partial charge on any atom is 0.283 e. The molecule has 9 nitrogen and oxygen atoms in total. The van der Waals surface area contributed by atoms with E-state index >= 15 is 0 Å². The van der Waals surface area contributed by atoms with Gasteiger partial charge in [0.2, 0.25) is 10.9 Å². The van der Waals surface area contributed by atoms with Crippen molar-refractivity contribution in [2.45, 2.75) is 26.2 Å². The number of hydrazone groups is 1. The summed E-state index contributed by atoms with van der Waals surface area (Å²) in [5, 5.41) is 15.9. The third kappa shape index (κ3) is 6.55. The van der Waals surface area contributed by atoms with Crippen molar-refractivity contribution in [3.8, 4) is 23.0 Å². The molecule has 3 aromatic carbocycles. The fourth-order valence-corrected chi connectivity index (χ4v) is 5.67. The van der Waals surface area contributed by atoms with Crippen molar-refractivity contribution < 1.29 is 23.7 Å². The van der Waals surface area contributed by atoms with Crippen LogP contribution in [0.1, 0.15) is 42.9 Å². The predicted molar refractivity (Wildman–Crippen MR) is 171 cm³/mol. The van der Waals surface area contributed by atoms with Gasteiger partial charge in [0.1, 0.15) is 24.0 Å². The van der Waals surface area contributed by atoms with Crippen LogP contribution in [0.25, 0.3) is 6.08 Å². The lowest BCUT2D eigenvalue weighted by Gasteiger charge is -2.20. The lowest BCUT2D eigenvalue weighted by molar-refractivity contribution is -0.114. The molecule has 1 N–H and O–H groups in total. The highest BCUT2D eigenvalue weighted by atomic mass is 35.5. The van der Waals surface area contributed by atoms with Gasteiger partial charge in [-0.1, -0.05) is 55.8 Å². The molecule has 0 saturated carbocycles. The minimum Gasteiger partial charge on any atom is -0.493 e. The van der Waals surface area contributed by atoms with Crippen LogP contribution in [0.4, 0.5) is 0 Å². The predicted octanol–water partition coefficient (Wildman–Crippen LogP) is 7.00. The van der Waals surface area contributed by atoms with Crippen LogP contribution in [-0.2, 0) is 4.79 Å². The van der Waals surface area contributed by atoms with Crippen LogP contribution in [0.2, 0.25) is 5.02 Å². The summed E-state index contributed by atoms with van der Waals surface area (Å²) in [6, 6.07) is 18.8. The van der Waals surface area contributed by atoms with Gasteiger partial charge in [-0.15, -0.1) is 0 Å². The molecule has 2 heterocycles. The number of rotatable bonds is 11. The molecule has 222 valence electrons. The Labute approximate surface area is 259 Å². The monoisotopic (exact) mass is 618 g/mol. The number of carbonyl (C=O) groups excluding carboxylic acids is 1. The number of carbonyl (C=O) groups is 1. The van der Waals surface area contributed by atoms with E-state index in [1.807, 2.05) is 30.3 Å². The number of hydrogen-bond acceptors (Lipinski definition) is 8. The normalized spacial score (nSPS) is 16.0. The third-order valence-corrected chi connectivity index (χ3v) is 8.28. The first-order valence-electron chi connectivity index (χ1n) is 13.7. The Hall–Kier alpha value is -4.28. The molecule has 0 fully saturated rings. The van der Waals surface area contributed by atoms with Crippen LogP contribution in [0.3, 0.4) is 0 Å². The summed E-state index contributed by atoms with van der Waals surface area (Å²) in [6.45, 7) is 4.94. The fourth-order valence-electron chi connectivity index (χ4n) is 4.46. The second-order valence-electron chi connectivity index (χ2n) is 9.73. The van der Waals surface area contributed by atoms with E-state index in [1.165, 1.54) is 36.6 Å². The Kier molecular flexibility index (Phi) is 9.37. The van der Waals surface area contributed by atoms with Gasteiger partial charge < -0.3 is 18.9 Å². The van der Waals surface area contributed by atoms with Gasteiger partial charge in [0.05, 0.1) is 24.8 Å². The Morgan fingerprint density at radius 2 is 1.70 bits per heavy atom. The molecule has 3 aromatic rings. The minimum atomic E-state index is -0.549. The first-order valence-corrected chi connectivity index (χ1v) is 14.9. The second kappa shape index (κ2) is 13.4. The van der Waals surface area contributed by atoms with E-state index < -0.39 is 5.91 Å². The summed E-state index contributed by atoms with van der Waals surface area (Å²) in [5.74, 6) is 1.82. The molecular weight excluding hydrogens is 588 g/mol. The second-order valence-corrected chi connectivity index (χ2v) is 11.1. The maximum atomic E-state index is 13.0. The van der Waals surface area contributed by atoms with Crippen LogP contribution in [0.5, 0.6) is 23.0 Å². The Bertz CT molecular complexity index is 1610. The number of amides is 1. The van der Waals surface area contributed by atoms with Gasteiger partial charge in [-0.25, -0.2) is 0 Å². The zero-order valence-corrected chi connectivity index (χ0v) is 25.8. The maximum absolute atomic E-state index is 13.0. The molecule has 0 aliphatic carbocycles. The van der Waals surface area contributed by atoms with Crippen molar-refractivity contribution in [2.24, 2.45) is 10.1 Å². The summed E-state index contributed by atoms with van der Waals surface area (Å²) in [7, 11) is 3.04. The molecule has 2 aliphatic heterocycles. The van der Waals surface area contributed by atoms with Crippen molar-refractivity contribution >= 4 is 51.4 Å². The number of hydrogen-bond donors (Lipinski definition) is 1. The van der Waals surface area contributed by atoms with Crippen LogP contribution < -0.4 is 18.9 Å². The molecule has 5 rings (SSSR count). The first-order chi connectivity index (χ1) is 20.8. The largest absolute Gasteiger partial charge is 0.493 e. The highest BCUT2D eigenvalue weighted by molar-refractivity contribution is 8.27. The van der Waals surface area contributed by atoms with Gasteiger partial charge in [0.25, 0.3) is 5.91 Å². The number of fused-ring (bicyclic) bond motifs is 1. The lowest BCUT2D eigenvalue weighted by atomic mass is 9.99. The number of methoxy groups -OCH3 is 2. The molecule has 11 heteroatoms. The zero-order chi connectivity index (χ0) is 30.5. The number of amidine groups is 2. The van der Waals surface area contributed by atoms with E-state index in [9.17, 15) is 4.79 Å². The van der Waals surface area contributed by atoms with Crippen molar-refractivity contribution in [1.82, 2.24) is 5.01 Å². The van der Waals surface area contributed by atoms with Gasteiger partial charge in [-0.05, 0) is 71.6 Å². The molecule has 0 unspecified atom stereocenters. The molecule has 0 radical (unpaired) electrons. The highest BCUT2D eigenvalue weighted by Gasteiger charge is 2.36. The number of halogens is 1. The van der Waals surface area contributed by atoms with E-state index in [2.05, 4.69) is 36.1 Å². The molecule has 0 bridgehead atoms. The van der Waals surface area contributed by atoms with Crippen LogP contribution in [-0.4, -0.2) is 54.4 Å². The van der Waals surface area contributed by atoms with Crippen molar-refractivity contribution in [1.29, 1.82) is 5.41 Å². The number of ether oxygens (including phenoxy) is 4. The summed E-state index contributed by atoms with van der Waals surface area (Å²) < 4.78 is 23.0. The standard InChI is InChI=1S/C32H31ClN4O5S/c1-5-19(2)21-10-12-22(13-11-21)41-14-15-42-28-26(39-3)17-20(18-27(28)40-4)16-24-29(34)37-32(35-30(24)38)43-31(36-37)23-8-6-7-9-25(23)33/h6-13,16-19,34H,5,14-15H2,1-4H3/b24-16+,34-29?/t19-/m1/s1.